The molecule has 0 aliphatic carbocycles. The van der Waals surface area contributed by atoms with Crippen LogP contribution in [0.3, 0.4) is 0 Å². The van der Waals surface area contributed by atoms with Gasteiger partial charge in [-0.1, -0.05) is 47.5 Å². The molecular formula is C25H22Cl2N2O2. The zero-order valence-electron chi connectivity index (χ0n) is 17.5. The van der Waals surface area contributed by atoms with Crippen molar-refractivity contribution in [2.75, 3.05) is 7.11 Å². The lowest BCUT2D eigenvalue weighted by atomic mass is 9.98. The summed E-state index contributed by atoms with van der Waals surface area (Å²) in [5, 5.41) is 1.43. The Kier molecular flexibility index (Phi) is 4.87. The predicted molar refractivity (Wildman–Crippen MR) is 124 cm³/mol. The van der Waals surface area contributed by atoms with Crippen molar-refractivity contribution in [2.24, 2.45) is 4.99 Å². The summed E-state index contributed by atoms with van der Waals surface area (Å²) in [6.07, 6.45) is 0.0359. The Labute approximate surface area is 192 Å². The molecule has 2 aliphatic heterocycles. The Morgan fingerprint density at radius 2 is 1.58 bits per heavy atom. The number of amidine groups is 1. The van der Waals surface area contributed by atoms with Gasteiger partial charge in [0.1, 0.15) is 23.4 Å². The molecular weight excluding hydrogens is 431 g/mol. The third-order valence-corrected chi connectivity index (χ3v) is 6.19. The number of ether oxygens (including phenoxy) is 2. The number of rotatable bonds is 6. The number of fused-ring (bicyclic) bond motifs is 1. The highest BCUT2D eigenvalue weighted by Crippen LogP contribution is 2.68. The highest BCUT2D eigenvalue weighted by atomic mass is 35.5. The second kappa shape index (κ2) is 7.47. The number of nitrogens with zero attached hydrogens (tertiary/aromatic N) is 2. The van der Waals surface area contributed by atoms with Crippen LogP contribution in [-0.4, -0.2) is 23.9 Å². The van der Waals surface area contributed by atoms with Gasteiger partial charge in [-0.3, -0.25) is 0 Å². The van der Waals surface area contributed by atoms with Gasteiger partial charge in [-0.25, -0.2) is 4.99 Å². The van der Waals surface area contributed by atoms with E-state index in [1.54, 1.807) is 7.11 Å². The van der Waals surface area contributed by atoms with Crippen molar-refractivity contribution in [1.82, 2.24) is 4.90 Å². The molecule has 0 spiro atoms. The van der Waals surface area contributed by atoms with E-state index in [1.165, 1.54) is 0 Å². The maximum atomic E-state index is 6.14. The summed E-state index contributed by atoms with van der Waals surface area (Å²) in [5.74, 6) is 2.43. The average molecular weight is 453 g/mol. The van der Waals surface area contributed by atoms with Gasteiger partial charge in [0.15, 0.2) is 5.66 Å². The van der Waals surface area contributed by atoms with E-state index < -0.39 is 5.66 Å². The summed E-state index contributed by atoms with van der Waals surface area (Å²) in [6.45, 7) is 4.02. The molecule has 0 saturated carbocycles. The first kappa shape index (κ1) is 20.2. The topological polar surface area (TPSA) is 33.8 Å². The van der Waals surface area contributed by atoms with Crippen LogP contribution in [0.2, 0.25) is 10.0 Å². The number of methoxy groups -OCH3 is 1. The SMILES string of the molecule is COc1ccc(C2=NC3(c4ccc(Cl)cc4)C(c4ccc(Cl)cc4)N23)c(OC(C)C)c1. The molecule has 1 fully saturated rings. The number of hydrogen-bond acceptors (Lipinski definition) is 4. The lowest BCUT2D eigenvalue weighted by Gasteiger charge is -2.27. The normalized spacial score (nSPS) is 21.3. The lowest BCUT2D eigenvalue weighted by molar-refractivity contribution is 0.240. The molecule has 2 heterocycles. The van der Waals surface area contributed by atoms with E-state index in [1.807, 2.05) is 68.4 Å². The van der Waals surface area contributed by atoms with Crippen molar-refractivity contribution in [3.63, 3.8) is 0 Å². The number of hydrogen-bond donors (Lipinski definition) is 0. The van der Waals surface area contributed by atoms with E-state index in [-0.39, 0.29) is 12.1 Å². The Bertz CT molecular complexity index is 1160. The summed E-state index contributed by atoms with van der Waals surface area (Å²) in [6, 6.07) is 21.9. The van der Waals surface area contributed by atoms with Gasteiger partial charge in [-0.15, -0.1) is 0 Å². The van der Waals surface area contributed by atoms with Crippen molar-refractivity contribution in [1.29, 1.82) is 0 Å². The quantitative estimate of drug-likeness (QED) is 0.402. The van der Waals surface area contributed by atoms with Crippen LogP contribution in [-0.2, 0) is 5.66 Å². The fraction of sp³-hybridized carbons (Fsp3) is 0.240. The van der Waals surface area contributed by atoms with E-state index in [0.717, 1.165) is 39.0 Å². The third-order valence-electron chi connectivity index (χ3n) is 5.69. The first-order valence-electron chi connectivity index (χ1n) is 10.2. The molecule has 31 heavy (non-hydrogen) atoms. The number of benzene rings is 3. The van der Waals surface area contributed by atoms with Crippen molar-refractivity contribution in [2.45, 2.75) is 31.7 Å². The molecule has 4 nitrogen and oxygen atoms in total. The largest absolute Gasteiger partial charge is 0.497 e. The van der Waals surface area contributed by atoms with Crippen molar-refractivity contribution >= 4 is 29.0 Å². The minimum Gasteiger partial charge on any atom is -0.497 e. The maximum Gasteiger partial charge on any atom is 0.187 e. The average Bonchev–Trinajstić information content (AvgIpc) is 3.28. The van der Waals surface area contributed by atoms with Crippen molar-refractivity contribution in [3.8, 4) is 11.5 Å². The molecule has 0 bridgehead atoms. The molecule has 0 aromatic heterocycles. The van der Waals surface area contributed by atoms with Crippen LogP contribution in [0, 0.1) is 0 Å². The molecule has 6 heteroatoms. The minimum atomic E-state index is -0.428. The van der Waals surface area contributed by atoms with Gasteiger partial charge < -0.3 is 14.4 Å². The fourth-order valence-electron chi connectivity index (χ4n) is 4.29. The van der Waals surface area contributed by atoms with E-state index in [4.69, 9.17) is 37.7 Å². The van der Waals surface area contributed by atoms with Gasteiger partial charge in [0.25, 0.3) is 0 Å². The van der Waals surface area contributed by atoms with Gasteiger partial charge in [-0.05, 0) is 55.8 Å². The highest BCUT2D eigenvalue weighted by Gasteiger charge is 2.72. The van der Waals surface area contributed by atoms with Gasteiger partial charge in [0, 0.05) is 21.7 Å². The summed E-state index contributed by atoms with van der Waals surface area (Å²) >= 11 is 12.3. The molecule has 3 aromatic rings. The Balaban J connectivity index is 1.58. The van der Waals surface area contributed by atoms with Crippen molar-refractivity contribution < 1.29 is 9.47 Å². The van der Waals surface area contributed by atoms with Crippen LogP contribution < -0.4 is 9.47 Å². The molecule has 2 aliphatic rings. The Morgan fingerprint density at radius 1 is 0.935 bits per heavy atom. The minimum absolute atomic E-state index is 0.0359. The van der Waals surface area contributed by atoms with Crippen molar-refractivity contribution in [3.05, 3.63) is 93.5 Å². The van der Waals surface area contributed by atoms with Crippen LogP contribution >= 0.6 is 23.2 Å². The highest BCUT2D eigenvalue weighted by molar-refractivity contribution is 6.30. The summed E-state index contributed by atoms with van der Waals surface area (Å²) in [4.78, 5) is 7.47. The molecule has 2 unspecified atom stereocenters. The van der Waals surface area contributed by atoms with E-state index in [0.29, 0.717) is 5.02 Å². The first-order chi connectivity index (χ1) is 14.9. The molecule has 5 rings (SSSR count). The van der Waals surface area contributed by atoms with Crippen LogP contribution in [0.15, 0.2) is 71.7 Å². The standard InChI is InChI=1S/C25H22Cl2N2O2/c1-15(2)31-22-14-20(30-3)12-13-21(22)24-28-25(17-6-10-19(27)11-7-17)23(29(24)25)16-4-8-18(26)9-5-16/h4-15,23H,1-3H3. The van der Waals surface area contributed by atoms with Gasteiger partial charge in [0.2, 0.25) is 0 Å². The third kappa shape index (κ3) is 3.26. The fourth-order valence-corrected chi connectivity index (χ4v) is 4.54. The van der Waals surface area contributed by atoms with E-state index in [9.17, 15) is 0 Å². The molecule has 0 radical (unpaired) electrons. The zero-order valence-corrected chi connectivity index (χ0v) is 19.0. The van der Waals surface area contributed by atoms with Gasteiger partial charge in [0.05, 0.1) is 18.8 Å². The van der Waals surface area contributed by atoms with Crippen LogP contribution in [0.5, 0.6) is 11.5 Å². The first-order valence-corrected chi connectivity index (χ1v) is 11.0. The molecule has 158 valence electrons. The summed E-state index contributed by atoms with van der Waals surface area (Å²) < 4.78 is 11.5. The number of halogens is 2. The molecule has 3 aromatic carbocycles. The van der Waals surface area contributed by atoms with Crippen LogP contribution in [0.25, 0.3) is 0 Å². The van der Waals surface area contributed by atoms with E-state index >= 15 is 0 Å². The smallest absolute Gasteiger partial charge is 0.187 e. The molecule has 1 saturated heterocycles. The monoisotopic (exact) mass is 452 g/mol. The van der Waals surface area contributed by atoms with E-state index in [2.05, 4.69) is 17.0 Å². The van der Waals surface area contributed by atoms with Crippen LogP contribution in [0.4, 0.5) is 0 Å². The van der Waals surface area contributed by atoms with Crippen LogP contribution in [0.1, 0.15) is 36.6 Å². The molecule has 2 atom stereocenters. The second-order valence-electron chi connectivity index (χ2n) is 8.02. The van der Waals surface area contributed by atoms with Gasteiger partial charge in [-0.2, -0.15) is 0 Å². The second-order valence-corrected chi connectivity index (χ2v) is 8.89. The molecule has 0 N–H and O–H groups in total. The molecule has 0 amide bonds. The summed E-state index contributed by atoms with van der Waals surface area (Å²) in [7, 11) is 1.65. The maximum absolute atomic E-state index is 6.14. The lowest BCUT2D eigenvalue weighted by Crippen LogP contribution is -2.32. The Hall–Kier alpha value is -2.69. The predicted octanol–water partition coefficient (Wildman–Crippen LogP) is 6.46. The number of aliphatic imine (C=N–C) groups is 1. The zero-order chi connectivity index (χ0) is 21.8. The summed E-state index contributed by atoms with van der Waals surface area (Å²) in [5.41, 5.74) is 2.80. The Morgan fingerprint density at radius 3 is 2.19 bits per heavy atom. The van der Waals surface area contributed by atoms with Gasteiger partial charge >= 0.3 is 0 Å².